The third kappa shape index (κ3) is 2.74. The molecule has 17 heavy (non-hydrogen) atoms. The average molecular weight is 240 g/mol. The second kappa shape index (κ2) is 4.86. The van der Waals surface area contributed by atoms with Crippen LogP contribution in [-0.4, -0.2) is 26.6 Å². The molecule has 0 aliphatic heterocycles. The van der Waals surface area contributed by atoms with Gasteiger partial charge in [-0.1, -0.05) is 13.3 Å². The summed E-state index contributed by atoms with van der Waals surface area (Å²) in [5.74, 6) is -0.923. The predicted octanol–water partition coefficient (Wildman–Crippen LogP) is 0.407. The minimum Gasteiger partial charge on any atom is -0.480 e. The molecule has 0 aromatic carbocycles. The van der Waals surface area contributed by atoms with Crippen LogP contribution < -0.4 is 16.6 Å². The number of nitrogens with two attached hydrogens (primary N) is 1. The summed E-state index contributed by atoms with van der Waals surface area (Å²) in [7, 11) is 0. The Balaban J connectivity index is 3.06. The first kappa shape index (κ1) is 13.0. The maximum absolute atomic E-state index is 11.2. The monoisotopic (exact) mass is 240 g/mol. The van der Waals surface area contributed by atoms with E-state index in [9.17, 15) is 9.59 Å². The average Bonchev–Trinajstić information content (AvgIpc) is 2.25. The van der Waals surface area contributed by atoms with Gasteiger partial charge in [-0.2, -0.15) is 0 Å². The van der Waals surface area contributed by atoms with E-state index in [4.69, 9.17) is 10.8 Å². The maximum atomic E-state index is 11.2. The number of aliphatic carboxylic acids is 1. The van der Waals surface area contributed by atoms with Crippen LogP contribution in [0.5, 0.6) is 0 Å². The fourth-order valence-corrected chi connectivity index (χ4v) is 1.49. The topological polar surface area (TPSA) is 121 Å². The Morgan fingerprint density at radius 1 is 1.71 bits per heavy atom. The molecule has 5 N–H and O–H groups in total. The van der Waals surface area contributed by atoms with Crippen LogP contribution in [-0.2, 0) is 4.79 Å². The van der Waals surface area contributed by atoms with Gasteiger partial charge in [0.15, 0.2) is 5.82 Å². The number of nitrogens with one attached hydrogen (secondary N) is 2. The SMILES string of the molecule is CCCC(C)(Nc1nc[nH]c(=O)c1N)C(=O)O. The molecule has 0 aliphatic carbocycles. The molecule has 0 saturated carbocycles. The highest BCUT2D eigenvalue weighted by molar-refractivity contribution is 5.83. The van der Waals surface area contributed by atoms with Crippen LogP contribution in [0, 0.1) is 0 Å². The van der Waals surface area contributed by atoms with Crippen molar-refractivity contribution in [2.75, 3.05) is 11.1 Å². The number of carboxylic acids is 1. The summed E-state index contributed by atoms with van der Waals surface area (Å²) in [5.41, 5.74) is 3.73. The Kier molecular flexibility index (Phi) is 3.72. The summed E-state index contributed by atoms with van der Waals surface area (Å²) in [6.07, 6.45) is 2.25. The Bertz CT molecular complexity index is 471. The van der Waals surface area contributed by atoms with Gasteiger partial charge in [-0.3, -0.25) is 4.79 Å². The molecule has 1 heterocycles. The van der Waals surface area contributed by atoms with Gasteiger partial charge in [-0.05, 0) is 13.3 Å². The fourth-order valence-electron chi connectivity index (χ4n) is 1.49. The summed E-state index contributed by atoms with van der Waals surface area (Å²) in [5, 5.41) is 11.9. The van der Waals surface area contributed by atoms with Gasteiger partial charge in [-0.15, -0.1) is 0 Å². The van der Waals surface area contributed by atoms with Crippen LogP contribution in [0.1, 0.15) is 26.7 Å². The number of anilines is 2. The Labute approximate surface area is 98.1 Å². The van der Waals surface area contributed by atoms with Crippen LogP contribution in [0.2, 0.25) is 0 Å². The quantitative estimate of drug-likeness (QED) is 0.591. The molecule has 7 heteroatoms. The van der Waals surface area contributed by atoms with Crippen LogP contribution in [0.3, 0.4) is 0 Å². The highest BCUT2D eigenvalue weighted by atomic mass is 16.4. The molecular weight excluding hydrogens is 224 g/mol. The summed E-state index contributed by atoms with van der Waals surface area (Å²) in [6, 6.07) is 0. The number of hydrogen-bond donors (Lipinski definition) is 4. The zero-order chi connectivity index (χ0) is 13.1. The smallest absolute Gasteiger partial charge is 0.329 e. The summed E-state index contributed by atoms with van der Waals surface area (Å²) in [4.78, 5) is 28.6. The van der Waals surface area contributed by atoms with Gasteiger partial charge in [0.25, 0.3) is 5.56 Å². The number of H-pyrrole nitrogens is 1. The van der Waals surface area contributed by atoms with Crippen LogP contribution in [0.4, 0.5) is 11.5 Å². The molecule has 0 spiro atoms. The number of aromatic nitrogens is 2. The molecule has 7 nitrogen and oxygen atoms in total. The van der Waals surface area contributed by atoms with E-state index >= 15 is 0 Å². The van der Waals surface area contributed by atoms with Gasteiger partial charge in [0.2, 0.25) is 0 Å². The van der Waals surface area contributed by atoms with Gasteiger partial charge in [0.1, 0.15) is 11.2 Å². The van der Waals surface area contributed by atoms with E-state index in [1.165, 1.54) is 13.3 Å². The van der Waals surface area contributed by atoms with Crippen LogP contribution >= 0.6 is 0 Å². The summed E-state index contributed by atoms with van der Waals surface area (Å²) >= 11 is 0. The number of hydrogen-bond acceptors (Lipinski definition) is 5. The van der Waals surface area contributed by atoms with Crippen molar-refractivity contribution in [3.8, 4) is 0 Å². The Morgan fingerprint density at radius 3 is 2.88 bits per heavy atom. The second-order valence-corrected chi connectivity index (χ2v) is 4.01. The third-order valence-electron chi connectivity index (χ3n) is 2.51. The molecule has 1 aromatic rings. The molecular formula is C10H16N4O3. The lowest BCUT2D eigenvalue weighted by atomic mass is 9.96. The molecule has 94 valence electrons. The molecule has 0 aliphatic rings. The Morgan fingerprint density at radius 2 is 2.35 bits per heavy atom. The Hall–Kier alpha value is -2.05. The first-order valence-corrected chi connectivity index (χ1v) is 5.25. The van der Waals surface area contributed by atoms with E-state index < -0.39 is 17.1 Å². The van der Waals surface area contributed by atoms with Crippen molar-refractivity contribution < 1.29 is 9.90 Å². The van der Waals surface area contributed by atoms with Gasteiger partial charge in [0.05, 0.1) is 6.33 Å². The lowest BCUT2D eigenvalue weighted by Crippen LogP contribution is -2.44. The van der Waals surface area contributed by atoms with Gasteiger partial charge < -0.3 is 21.1 Å². The van der Waals surface area contributed by atoms with Crippen molar-refractivity contribution in [3.05, 3.63) is 16.7 Å². The maximum Gasteiger partial charge on any atom is 0.329 e. The molecule has 1 atom stereocenters. The molecule has 0 amide bonds. The zero-order valence-electron chi connectivity index (χ0n) is 9.78. The van der Waals surface area contributed by atoms with Gasteiger partial charge in [-0.25, -0.2) is 9.78 Å². The number of nitrogens with zero attached hydrogens (tertiary/aromatic N) is 1. The van der Waals surface area contributed by atoms with Crippen molar-refractivity contribution in [2.24, 2.45) is 0 Å². The van der Waals surface area contributed by atoms with Crippen LogP contribution in [0.15, 0.2) is 11.1 Å². The number of rotatable bonds is 5. The number of nitrogen functional groups attached to an aromatic ring is 1. The van der Waals surface area contributed by atoms with E-state index in [0.29, 0.717) is 12.8 Å². The third-order valence-corrected chi connectivity index (χ3v) is 2.51. The number of carboxylic acid groups (broad SMARTS) is 1. The highest BCUT2D eigenvalue weighted by Gasteiger charge is 2.33. The van der Waals surface area contributed by atoms with E-state index in [2.05, 4.69) is 15.3 Å². The molecule has 0 bridgehead atoms. The summed E-state index contributed by atoms with van der Waals surface area (Å²) in [6.45, 7) is 3.40. The van der Waals surface area contributed by atoms with Crippen molar-refractivity contribution in [1.82, 2.24) is 9.97 Å². The van der Waals surface area contributed by atoms with Crippen molar-refractivity contribution in [3.63, 3.8) is 0 Å². The van der Waals surface area contributed by atoms with Crippen molar-refractivity contribution in [2.45, 2.75) is 32.2 Å². The van der Waals surface area contributed by atoms with E-state index in [0.717, 1.165) is 0 Å². The second-order valence-electron chi connectivity index (χ2n) is 4.01. The predicted molar refractivity (Wildman–Crippen MR) is 63.8 cm³/mol. The lowest BCUT2D eigenvalue weighted by Gasteiger charge is -2.26. The number of aromatic amines is 1. The molecule has 0 radical (unpaired) electrons. The molecule has 0 fully saturated rings. The first-order chi connectivity index (χ1) is 7.90. The highest BCUT2D eigenvalue weighted by Crippen LogP contribution is 2.20. The molecule has 1 aromatic heterocycles. The van der Waals surface area contributed by atoms with Crippen molar-refractivity contribution >= 4 is 17.5 Å². The van der Waals surface area contributed by atoms with Gasteiger partial charge in [0, 0.05) is 0 Å². The fraction of sp³-hybridized carbons (Fsp3) is 0.500. The zero-order valence-corrected chi connectivity index (χ0v) is 9.78. The van der Waals surface area contributed by atoms with Crippen molar-refractivity contribution in [1.29, 1.82) is 0 Å². The van der Waals surface area contributed by atoms with Crippen LogP contribution in [0.25, 0.3) is 0 Å². The molecule has 1 unspecified atom stereocenters. The van der Waals surface area contributed by atoms with Gasteiger partial charge >= 0.3 is 5.97 Å². The molecule has 1 rings (SSSR count). The number of carbonyl (C=O) groups is 1. The van der Waals surface area contributed by atoms with E-state index in [1.807, 2.05) is 6.92 Å². The van der Waals surface area contributed by atoms with E-state index in [-0.39, 0.29) is 11.5 Å². The standard InChI is InChI=1S/C10H16N4O3/c1-3-4-10(2,9(16)17)14-7-6(11)8(15)13-5-12-7/h5H,3-4,11H2,1-2H3,(H,16,17)(H2,12,13,14,15). The molecule has 0 saturated heterocycles. The minimum absolute atomic E-state index is 0.0899. The lowest BCUT2D eigenvalue weighted by molar-refractivity contribution is -0.142. The summed E-state index contributed by atoms with van der Waals surface area (Å²) < 4.78 is 0. The normalized spacial score (nSPS) is 14.0. The van der Waals surface area contributed by atoms with E-state index in [1.54, 1.807) is 0 Å². The first-order valence-electron chi connectivity index (χ1n) is 5.25. The minimum atomic E-state index is -1.19. The largest absolute Gasteiger partial charge is 0.480 e.